The minimum Gasteiger partial charge on any atom is -0.475 e. The molecule has 2 aromatic rings. The number of thioether (sulfide) groups is 1. The molecule has 130 valence electrons. The van der Waals surface area contributed by atoms with Crippen LogP contribution in [0.25, 0.3) is 10.9 Å². The topological polar surface area (TPSA) is 89.1 Å². The number of pyridine rings is 1. The average Bonchev–Trinajstić information content (AvgIpc) is 2.85. The predicted octanol–water partition coefficient (Wildman–Crippen LogP) is 1.59. The Balaban J connectivity index is 1.95. The Hall–Kier alpha value is -1.42. The standard InChI is InChI=1S/C14H16ClFN4O3S/c1-24-14-18-10-8(12(21)20-14)13(19-11(15)9(10)16)23-6-7-5-22-4-2-3-17-7/h7,17H,2-6H2,1H3,(H,18,20,21)/t7-/m0/s1. The normalized spacial score (nSPS) is 18.5. The van der Waals surface area contributed by atoms with Gasteiger partial charge in [-0.1, -0.05) is 23.4 Å². The number of hydrogen-bond acceptors (Lipinski definition) is 7. The molecular weight excluding hydrogens is 359 g/mol. The molecule has 0 aliphatic carbocycles. The molecule has 0 bridgehead atoms. The predicted molar refractivity (Wildman–Crippen MR) is 89.6 cm³/mol. The van der Waals surface area contributed by atoms with Crippen molar-refractivity contribution in [1.29, 1.82) is 0 Å². The van der Waals surface area contributed by atoms with Crippen LogP contribution < -0.4 is 15.6 Å². The number of fused-ring (bicyclic) bond motifs is 1. The zero-order chi connectivity index (χ0) is 17.1. The molecule has 0 aromatic carbocycles. The number of H-pyrrole nitrogens is 1. The van der Waals surface area contributed by atoms with Crippen molar-refractivity contribution in [3.8, 4) is 5.88 Å². The van der Waals surface area contributed by atoms with E-state index in [0.717, 1.165) is 13.0 Å². The number of halogens is 2. The van der Waals surface area contributed by atoms with Crippen LogP contribution >= 0.6 is 23.4 Å². The summed E-state index contributed by atoms with van der Waals surface area (Å²) in [4.78, 5) is 22.8. The smallest absolute Gasteiger partial charge is 0.265 e. The van der Waals surface area contributed by atoms with E-state index in [1.165, 1.54) is 11.8 Å². The lowest BCUT2D eigenvalue weighted by molar-refractivity contribution is 0.113. The second kappa shape index (κ2) is 7.64. The molecule has 0 spiro atoms. The average molecular weight is 375 g/mol. The lowest BCUT2D eigenvalue weighted by atomic mass is 10.3. The fourth-order valence-corrected chi connectivity index (χ4v) is 2.90. The number of nitrogens with one attached hydrogen (secondary N) is 2. The van der Waals surface area contributed by atoms with Crippen LogP contribution in [0.2, 0.25) is 5.15 Å². The van der Waals surface area contributed by atoms with Crippen molar-refractivity contribution < 1.29 is 13.9 Å². The summed E-state index contributed by atoms with van der Waals surface area (Å²) in [6.45, 7) is 2.20. The van der Waals surface area contributed by atoms with E-state index < -0.39 is 11.4 Å². The molecule has 2 N–H and O–H groups in total. The fourth-order valence-electron chi connectivity index (χ4n) is 2.35. The van der Waals surface area contributed by atoms with Gasteiger partial charge in [0.2, 0.25) is 5.88 Å². The van der Waals surface area contributed by atoms with Gasteiger partial charge < -0.3 is 19.8 Å². The quantitative estimate of drug-likeness (QED) is 0.477. The summed E-state index contributed by atoms with van der Waals surface area (Å²) in [5.74, 6) is -0.875. The second-order valence-corrected chi connectivity index (χ2v) is 6.36. The molecule has 2 aromatic heterocycles. The largest absolute Gasteiger partial charge is 0.475 e. The van der Waals surface area contributed by atoms with Gasteiger partial charge in [0.1, 0.15) is 17.5 Å². The van der Waals surface area contributed by atoms with Crippen LogP contribution in [-0.2, 0) is 4.74 Å². The van der Waals surface area contributed by atoms with Gasteiger partial charge in [0.25, 0.3) is 5.56 Å². The molecule has 1 atom stereocenters. The van der Waals surface area contributed by atoms with Crippen LogP contribution in [0, 0.1) is 5.82 Å². The first kappa shape index (κ1) is 17.4. The second-order valence-electron chi connectivity index (χ2n) is 5.21. The van der Waals surface area contributed by atoms with Crippen molar-refractivity contribution in [1.82, 2.24) is 20.3 Å². The van der Waals surface area contributed by atoms with E-state index in [1.54, 1.807) is 6.26 Å². The lowest BCUT2D eigenvalue weighted by Gasteiger charge is -2.16. The number of hydrogen-bond donors (Lipinski definition) is 2. The van der Waals surface area contributed by atoms with E-state index in [0.29, 0.717) is 18.4 Å². The molecule has 0 amide bonds. The Morgan fingerprint density at radius 2 is 2.33 bits per heavy atom. The minimum absolute atomic E-state index is 0.0381. The van der Waals surface area contributed by atoms with Gasteiger partial charge in [0.15, 0.2) is 16.1 Å². The Morgan fingerprint density at radius 1 is 1.50 bits per heavy atom. The number of rotatable bonds is 4. The SMILES string of the molecule is CSc1nc2c(F)c(Cl)nc(OC[C@@H]3COCCCN3)c2c(=O)[nH]1. The van der Waals surface area contributed by atoms with E-state index in [9.17, 15) is 9.18 Å². The Bertz CT molecular complexity index is 796. The number of aromatic amines is 1. The summed E-state index contributed by atoms with van der Waals surface area (Å²) in [7, 11) is 0. The van der Waals surface area contributed by atoms with E-state index in [2.05, 4.69) is 20.3 Å². The third kappa shape index (κ3) is 3.64. The molecule has 10 heteroatoms. The number of ether oxygens (including phenoxy) is 2. The van der Waals surface area contributed by atoms with Crippen LogP contribution in [-0.4, -0.2) is 53.6 Å². The lowest BCUT2D eigenvalue weighted by Crippen LogP contribution is -2.37. The van der Waals surface area contributed by atoms with Gasteiger partial charge in [-0.25, -0.2) is 9.37 Å². The van der Waals surface area contributed by atoms with Gasteiger partial charge in [-0.05, 0) is 19.2 Å². The molecular formula is C14H16ClFN4O3S. The van der Waals surface area contributed by atoms with Crippen molar-refractivity contribution in [3.63, 3.8) is 0 Å². The summed E-state index contributed by atoms with van der Waals surface area (Å²) < 4.78 is 25.3. The number of nitrogens with zero attached hydrogens (tertiary/aromatic N) is 2. The molecule has 0 unspecified atom stereocenters. The Kier molecular flexibility index (Phi) is 5.54. The molecule has 24 heavy (non-hydrogen) atoms. The highest BCUT2D eigenvalue weighted by atomic mass is 35.5. The summed E-state index contributed by atoms with van der Waals surface area (Å²) in [5.41, 5.74) is -0.671. The van der Waals surface area contributed by atoms with E-state index >= 15 is 0 Å². The third-order valence-corrected chi connectivity index (χ3v) is 4.36. The van der Waals surface area contributed by atoms with Gasteiger partial charge in [-0.3, -0.25) is 4.79 Å². The maximum Gasteiger partial charge on any atom is 0.265 e. The van der Waals surface area contributed by atoms with Gasteiger partial charge >= 0.3 is 0 Å². The van der Waals surface area contributed by atoms with Gasteiger partial charge in [-0.2, -0.15) is 4.98 Å². The van der Waals surface area contributed by atoms with Crippen LogP contribution in [0.3, 0.4) is 0 Å². The monoisotopic (exact) mass is 374 g/mol. The molecule has 3 rings (SSSR count). The van der Waals surface area contributed by atoms with Crippen molar-refractivity contribution in [3.05, 3.63) is 21.3 Å². The van der Waals surface area contributed by atoms with Gasteiger partial charge in [0, 0.05) is 6.61 Å². The van der Waals surface area contributed by atoms with Crippen LogP contribution in [0.4, 0.5) is 4.39 Å². The maximum atomic E-state index is 14.2. The summed E-state index contributed by atoms with van der Waals surface area (Å²) in [5, 5.41) is 3.13. The molecule has 1 fully saturated rings. The zero-order valence-electron chi connectivity index (χ0n) is 12.9. The van der Waals surface area contributed by atoms with Gasteiger partial charge in [0.05, 0.1) is 12.6 Å². The maximum absolute atomic E-state index is 14.2. The van der Waals surface area contributed by atoms with E-state index in [4.69, 9.17) is 21.1 Å². The Morgan fingerprint density at radius 3 is 3.12 bits per heavy atom. The van der Waals surface area contributed by atoms with Crippen molar-refractivity contribution in [2.45, 2.75) is 17.6 Å². The minimum atomic E-state index is -0.837. The molecule has 1 saturated heterocycles. The number of aromatic nitrogens is 3. The summed E-state index contributed by atoms with van der Waals surface area (Å²) in [6.07, 6.45) is 2.64. The first-order valence-corrected chi connectivity index (χ1v) is 8.97. The van der Waals surface area contributed by atoms with Crippen molar-refractivity contribution in [2.24, 2.45) is 0 Å². The molecule has 1 aliphatic heterocycles. The highest BCUT2D eigenvalue weighted by Crippen LogP contribution is 2.27. The molecule has 3 heterocycles. The first-order chi connectivity index (χ1) is 11.6. The van der Waals surface area contributed by atoms with E-state index in [-0.39, 0.29) is 34.6 Å². The highest BCUT2D eigenvalue weighted by Gasteiger charge is 2.21. The molecule has 0 radical (unpaired) electrons. The molecule has 7 nitrogen and oxygen atoms in total. The first-order valence-electron chi connectivity index (χ1n) is 7.37. The van der Waals surface area contributed by atoms with Crippen molar-refractivity contribution >= 4 is 34.3 Å². The summed E-state index contributed by atoms with van der Waals surface area (Å²) >= 11 is 7.02. The molecule has 1 aliphatic rings. The van der Waals surface area contributed by atoms with Crippen LogP contribution in [0.5, 0.6) is 5.88 Å². The van der Waals surface area contributed by atoms with Gasteiger partial charge in [-0.15, -0.1) is 0 Å². The zero-order valence-corrected chi connectivity index (χ0v) is 14.5. The highest BCUT2D eigenvalue weighted by molar-refractivity contribution is 7.98. The van der Waals surface area contributed by atoms with E-state index in [1.807, 2.05) is 0 Å². The molecule has 0 saturated carbocycles. The van der Waals surface area contributed by atoms with Crippen molar-refractivity contribution in [2.75, 3.05) is 32.6 Å². The van der Waals surface area contributed by atoms with Crippen LogP contribution in [0.15, 0.2) is 9.95 Å². The fraction of sp³-hybridized carbons (Fsp3) is 0.500. The summed E-state index contributed by atoms with van der Waals surface area (Å²) in [6, 6.07) is -0.0503. The Labute approximate surface area is 146 Å². The van der Waals surface area contributed by atoms with Crippen LogP contribution in [0.1, 0.15) is 6.42 Å². The third-order valence-electron chi connectivity index (χ3n) is 3.53.